The third-order valence-electron chi connectivity index (χ3n) is 2.46. The van der Waals surface area contributed by atoms with Gasteiger partial charge in [0, 0.05) is 24.9 Å². The molecular weight excluding hydrogens is 265 g/mol. The van der Waals surface area contributed by atoms with Crippen LogP contribution >= 0.6 is 35.0 Å². The van der Waals surface area contributed by atoms with Gasteiger partial charge in [0.2, 0.25) is 0 Å². The van der Waals surface area contributed by atoms with Gasteiger partial charge in [0.25, 0.3) is 0 Å². The van der Waals surface area contributed by atoms with Crippen LogP contribution in [0.15, 0.2) is 6.07 Å². The minimum absolute atomic E-state index is 0.366. The van der Waals surface area contributed by atoms with Gasteiger partial charge >= 0.3 is 0 Å². The zero-order valence-corrected chi connectivity index (χ0v) is 11.9. The zero-order valence-electron chi connectivity index (χ0n) is 9.57. The molecule has 1 unspecified atom stereocenters. The van der Waals surface area contributed by atoms with Gasteiger partial charge in [-0.3, -0.25) is 0 Å². The summed E-state index contributed by atoms with van der Waals surface area (Å²) in [5.74, 6) is 1.04. The Bertz CT molecular complexity index is 349. The van der Waals surface area contributed by atoms with E-state index in [0.717, 1.165) is 17.9 Å². The van der Waals surface area contributed by atoms with Gasteiger partial charge in [-0.05, 0) is 12.7 Å². The van der Waals surface area contributed by atoms with Crippen molar-refractivity contribution in [3.05, 3.63) is 16.4 Å². The standard InChI is InChI=1S/C10H15Cl2N3S/c1-4-7(6-16-3)15(2)8-5-9(11)13-14-10(8)12/h5,7H,4,6H2,1-3H3. The largest absolute Gasteiger partial charge is 0.368 e. The van der Waals surface area contributed by atoms with Crippen molar-refractivity contribution in [3.8, 4) is 0 Å². The summed E-state index contributed by atoms with van der Waals surface area (Å²) in [6.07, 6.45) is 3.14. The zero-order chi connectivity index (χ0) is 12.1. The van der Waals surface area contributed by atoms with Crippen molar-refractivity contribution in [1.82, 2.24) is 10.2 Å². The van der Waals surface area contributed by atoms with Crippen molar-refractivity contribution in [2.24, 2.45) is 0 Å². The Morgan fingerprint density at radius 3 is 2.69 bits per heavy atom. The minimum Gasteiger partial charge on any atom is -0.368 e. The van der Waals surface area contributed by atoms with Crippen LogP contribution in [0.2, 0.25) is 10.3 Å². The summed E-state index contributed by atoms with van der Waals surface area (Å²) in [7, 11) is 2.00. The number of aromatic nitrogens is 2. The highest BCUT2D eigenvalue weighted by Gasteiger charge is 2.16. The van der Waals surface area contributed by atoms with Crippen LogP contribution in [0.4, 0.5) is 5.69 Å². The molecule has 16 heavy (non-hydrogen) atoms. The van der Waals surface area contributed by atoms with Gasteiger partial charge in [-0.1, -0.05) is 30.1 Å². The van der Waals surface area contributed by atoms with E-state index < -0.39 is 0 Å². The molecule has 0 aliphatic rings. The smallest absolute Gasteiger partial charge is 0.175 e. The topological polar surface area (TPSA) is 29.0 Å². The summed E-state index contributed by atoms with van der Waals surface area (Å²) in [5.41, 5.74) is 0.836. The predicted molar refractivity (Wildman–Crippen MR) is 72.9 cm³/mol. The van der Waals surface area contributed by atoms with Crippen LogP contribution < -0.4 is 4.90 Å². The van der Waals surface area contributed by atoms with Gasteiger partial charge in [0.1, 0.15) is 0 Å². The number of thioether (sulfide) groups is 1. The molecule has 0 radical (unpaired) electrons. The molecular formula is C10H15Cl2N3S. The van der Waals surface area contributed by atoms with Crippen molar-refractivity contribution in [2.45, 2.75) is 19.4 Å². The third kappa shape index (κ3) is 3.40. The Balaban J connectivity index is 2.93. The molecule has 0 saturated carbocycles. The van der Waals surface area contributed by atoms with E-state index >= 15 is 0 Å². The summed E-state index contributed by atoms with van der Waals surface area (Å²) in [5, 5.41) is 8.28. The van der Waals surface area contributed by atoms with Crippen molar-refractivity contribution >= 4 is 40.7 Å². The molecule has 1 aromatic heterocycles. The first-order valence-electron chi connectivity index (χ1n) is 5.00. The Morgan fingerprint density at radius 1 is 1.44 bits per heavy atom. The molecule has 0 N–H and O–H groups in total. The number of halogens is 2. The summed E-state index contributed by atoms with van der Waals surface area (Å²) in [6.45, 7) is 2.15. The molecule has 0 saturated heterocycles. The quantitative estimate of drug-likeness (QED) is 0.827. The second kappa shape index (κ2) is 6.52. The van der Waals surface area contributed by atoms with E-state index in [1.54, 1.807) is 6.07 Å². The highest BCUT2D eigenvalue weighted by molar-refractivity contribution is 7.98. The van der Waals surface area contributed by atoms with Gasteiger partial charge in [-0.15, -0.1) is 10.2 Å². The van der Waals surface area contributed by atoms with Crippen LogP contribution in [0.3, 0.4) is 0 Å². The fraction of sp³-hybridized carbons (Fsp3) is 0.600. The van der Waals surface area contributed by atoms with E-state index in [2.05, 4.69) is 28.3 Å². The third-order valence-corrected chi connectivity index (χ3v) is 3.63. The molecule has 0 amide bonds. The number of rotatable bonds is 5. The molecule has 1 rings (SSSR count). The second-order valence-corrected chi connectivity index (χ2v) is 5.13. The fourth-order valence-electron chi connectivity index (χ4n) is 1.48. The lowest BCUT2D eigenvalue weighted by atomic mass is 10.2. The van der Waals surface area contributed by atoms with Crippen molar-refractivity contribution < 1.29 is 0 Å². The van der Waals surface area contributed by atoms with Crippen LogP contribution in [0, 0.1) is 0 Å². The molecule has 0 spiro atoms. The van der Waals surface area contributed by atoms with Crippen LogP contribution in [0.1, 0.15) is 13.3 Å². The predicted octanol–water partition coefficient (Wildman–Crippen LogP) is 3.36. The van der Waals surface area contributed by atoms with E-state index in [1.807, 2.05) is 18.8 Å². The van der Waals surface area contributed by atoms with Crippen LogP contribution in [-0.4, -0.2) is 35.3 Å². The second-order valence-electron chi connectivity index (χ2n) is 3.47. The minimum atomic E-state index is 0.366. The lowest BCUT2D eigenvalue weighted by molar-refractivity contribution is 0.671. The number of hydrogen-bond acceptors (Lipinski definition) is 4. The van der Waals surface area contributed by atoms with E-state index in [0.29, 0.717) is 16.3 Å². The number of nitrogens with zero attached hydrogens (tertiary/aromatic N) is 3. The lowest BCUT2D eigenvalue weighted by Crippen LogP contribution is -2.33. The van der Waals surface area contributed by atoms with E-state index in [1.165, 1.54) is 0 Å². The number of hydrogen-bond donors (Lipinski definition) is 0. The van der Waals surface area contributed by atoms with Crippen LogP contribution in [0.5, 0.6) is 0 Å². The average molecular weight is 280 g/mol. The highest BCUT2D eigenvalue weighted by atomic mass is 35.5. The van der Waals surface area contributed by atoms with Crippen molar-refractivity contribution in [1.29, 1.82) is 0 Å². The van der Waals surface area contributed by atoms with E-state index in [-0.39, 0.29) is 0 Å². The van der Waals surface area contributed by atoms with Gasteiger partial charge in [-0.25, -0.2) is 0 Å². The maximum Gasteiger partial charge on any atom is 0.175 e. The first-order chi connectivity index (χ1) is 7.60. The van der Waals surface area contributed by atoms with Crippen LogP contribution in [0.25, 0.3) is 0 Å². The van der Waals surface area contributed by atoms with E-state index in [9.17, 15) is 0 Å². The first kappa shape index (κ1) is 13.9. The molecule has 1 aromatic rings. The van der Waals surface area contributed by atoms with Gasteiger partial charge in [-0.2, -0.15) is 11.8 Å². The normalized spacial score (nSPS) is 12.6. The number of anilines is 1. The summed E-state index contributed by atoms with van der Waals surface area (Å²) >= 11 is 13.6. The fourth-order valence-corrected chi connectivity index (χ4v) is 2.69. The summed E-state index contributed by atoms with van der Waals surface area (Å²) in [6, 6.07) is 2.17. The monoisotopic (exact) mass is 279 g/mol. The molecule has 3 nitrogen and oxygen atoms in total. The van der Waals surface area contributed by atoms with E-state index in [4.69, 9.17) is 23.2 Å². The molecule has 0 fully saturated rings. The van der Waals surface area contributed by atoms with Crippen LogP contribution in [-0.2, 0) is 0 Å². The molecule has 1 atom stereocenters. The van der Waals surface area contributed by atoms with Crippen molar-refractivity contribution in [3.63, 3.8) is 0 Å². The Hall–Kier alpha value is -0.190. The molecule has 0 aliphatic carbocycles. The maximum atomic E-state index is 6.01. The average Bonchev–Trinajstić information content (AvgIpc) is 2.28. The molecule has 0 aromatic carbocycles. The van der Waals surface area contributed by atoms with Gasteiger partial charge < -0.3 is 4.90 Å². The Labute approximate surface area is 111 Å². The SMILES string of the molecule is CCC(CSC)N(C)c1cc(Cl)nnc1Cl. The highest BCUT2D eigenvalue weighted by Crippen LogP contribution is 2.27. The molecule has 90 valence electrons. The molecule has 1 heterocycles. The molecule has 0 aliphatic heterocycles. The Kier molecular flexibility index (Phi) is 5.66. The summed E-state index contributed by atoms with van der Waals surface area (Å²) in [4.78, 5) is 2.11. The molecule has 6 heteroatoms. The summed E-state index contributed by atoms with van der Waals surface area (Å²) < 4.78 is 0. The lowest BCUT2D eigenvalue weighted by Gasteiger charge is -2.28. The molecule has 0 bridgehead atoms. The van der Waals surface area contributed by atoms with Gasteiger partial charge in [0.05, 0.1) is 5.69 Å². The Morgan fingerprint density at radius 2 is 2.12 bits per heavy atom. The van der Waals surface area contributed by atoms with Gasteiger partial charge in [0.15, 0.2) is 10.3 Å². The van der Waals surface area contributed by atoms with Crippen molar-refractivity contribution in [2.75, 3.05) is 24.0 Å². The first-order valence-corrected chi connectivity index (χ1v) is 7.15. The maximum absolute atomic E-state index is 6.01.